The Morgan fingerprint density at radius 3 is 1.77 bits per heavy atom. The summed E-state index contributed by atoms with van der Waals surface area (Å²) in [6.07, 6.45) is -8.59. The van der Waals surface area contributed by atoms with Crippen molar-refractivity contribution in [2.45, 2.75) is 42.9 Å². The molecule has 3 aliphatic heterocycles. The lowest BCUT2D eigenvalue weighted by molar-refractivity contribution is -0.272. The van der Waals surface area contributed by atoms with Crippen LogP contribution in [-0.4, -0.2) is 93.6 Å². The maximum atomic E-state index is 12.1. The largest absolute Gasteiger partial charge is 0.493 e. The fraction of sp³-hybridized carbons (Fsp3) is 0.536. The van der Waals surface area contributed by atoms with Gasteiger partial charge in [0.15, 0.2) is 29.1 Å². The van der Waals surface area contributed by atoms with E-state index in [9.17, 15) is 20.1 Å². The Hall–Kier alpha value is -3.13. The number of ether oxygens (including phenoxy) is 8. The molecule has 0 radical (unpaired) electrons. The second-order valence-corrected chi connectivity index (χ2v) is 9.90. The molecule has 0 unspecified atom stereocenters. The van der Waals surface area contributed by atoms with Gasteiger partial charge < -0.3 is 53.2 Å². The van der Waals surface area contributed by atoms with Gasteiger partial charge in [-0.15, -0.1) is 0 Å². The third-order valence-corrected chi connectivity index (χ3v) is 7.76. The average Bonchev–Trinajstić information content (AvgIpc) is 3.59. The van der Waals surface area contributed by atoms with Crippen LogP contribution in [0.1, 0.15) is 23.3 Å². The molecule has 3 N–H and O–H groups in total. The lowest BCUT2D eigenvalue weighted by Gasteiger charge is -2.39. The number of rotatable bonds is 8. The number of aliphatic hydroxyl groups excluding tert-OH is 3. The summed E-state index contributed by atoms with van der Waals surface area (Å²) in [5, 5.41) is 31.0. The highest BCUT2D eigenvalue weighted by atomic mass is 16.7. The third-order valence-electron chi connectivity index (χ3n) is 7.76. The predicted octanol–water partition coefficient (Wildman–Crippen LogP) is 1.15. The van der Waals surface area contributed by atoms with Crippen molar-refractivity contribution in [3.8, 4) is 23.0 Å². The van der Waals surface area contributed by atoms with Gasteiger partial charge in [0.1, 0.15) is 18.3 Å². The number of carbonyl (C=O) groups is 1. The monoisotopic (exact) mass is 562 g/mol. The highest BCUT2D eigenvalue weighted by Crippen LogP contribution is 2.51. The van der Waals surface area contributed by atoms with E-state index in [0.717, 1.165) is 18.2 Å². The van der Waals surface area contributed by atoms with Crippen LogP contribution in [0.25, 0.3) is 0 Å². The molecule has 40 heavy (non-hydrogen) atoms. The normalized spacial score (nSPS) is 33.2. The molecule has 3 saturated heterocycles. The van der Waals surface area contributed by atoms with Crippen LogP contribution in [0.5, 0.6) is 23.0 Å². The van der Waals surface area contributed by atoms with E-state index in [4.69, 9.17) is 33.2 Å². The summed E-state index contributed by atoms with van der Waals surface area (Å²) in [7, 11) is 5.76. The first-order valence-electron chi connectivity index (χ1n) is 12.9. The molecule has 2 aromatic carbocycles. The first-order valence-corrected chi connectivity index (χ1v) is 12.9. The van der Waals surface area contributed by atoms with Crippen molar-refractivity contribution in [1.29, 1.82) is 0 Å². The highest BCUT2D eigenvalue weighted by Gasteiger charge is 2.50. The van der Waals surface area contributed by atoms with Crippen molar-refractivity contribution in [3.05, 3.63) is 47.5 Å². The number of fused-ring (bicyclic) bond motifs is 1. The zero-order valence-corrected chi connectivity index (χ0v) is 22.6. The molecule has 0 saturated carbocycles. The molecule has 3 aliphatic rings. The molecule has 5 rings (SSSR count). The van der Waals surface area contributed by atoms with Crippen molar-refractivity contribution in [2.24, 2.45) is 11.8 Å². The molecule has 0 aromatic heterocycles. The van der Waals surface area contributed by atoms with Crippen LogP contribution < -0.4 is 18.9 Å². The fourth-order valence-electron chi connectivity index (χ4n) is 5.61. The number of methoxy groups -OCH3 is 4. The van der Waals surface area contributed by atoms with Gasteiger partial charge in [0.2, 0.25) is 6.29 Å². The van der Waals surface area contributed by atoms with E-state index < -0.39 is 36.7 Å². The van der Waals surface area contributed by atoms with Gasteiger partial charge in [0.05, 0.1) is 53.9 Å². The summed E-state index contributed by atoms with van der Waals surface area (Å²) in [5.41, 5.74) is 1.76. The second kappa shape index (κ2) is 11.8. The number of hydrogen-bond donors (Lipinski definition) is 3. The molecule has 218 valence electrons. The molecule has 0 amide bonds. The molecule has 3 heterocycles. The minimum absolute atomic E-state index is 0.0523. The van der Waals surface area contributed by atoms with Gasteiger partial charge in [-0.05, 0) is 35.4 Å². The van der Waals surface area contributed by atoms with Gasteiger partial charge in [-0.1, -0.05) is 12.1 Å². The Bertz CT molecular complexity index is 1200. The van der Waals surface area contributed by atoms with Gasteiger partial charge in [0, 0.05) is 11.8 Å². The van der Waals surface area contributed by atoms with Crippen LogP contribution >= 0.6 is 0 Å². The van der Waals surface area contributed by atoms with E-state index in [0.29, 0.717) is 30.5 Å². The molecule has 3 fully saturated rings. The topological polar surface area (TPSA) is 152 Å². The fourth-order valence-corrected chi connectivity index (χ4v) is 5.61. The summed E-state index contributed by atoms with van der Waals surface area (Å²) in [6, 6.07) is 11.0. The van der Waals surface area contributed by atoms with Crippen molar-refractivity contribution in [3.63, 3.8) is 0 Å². The maximum absolute atomic E-state index is 12.1. The van der Waals surface area contributed by atoms with E-state index in [2.05, 4.69) is 4.74 Å². The summed E-state index contributed by atoms with van der Waals surface area (Å²) in [6.45, 7) is 0.956. The number of esters is 1. The Morgan fingerprint density at radius 1 is 0.725 bits per heavy atom. The van der Waals surface area contributed by atoms with Crippen molar-refractivity contribution >= 4 is 5.97 Å². The predicted molar refractivity (Wildman–Crippen MR) is 136 cm³/mol. The van der Waals surface area contributed by atoms with Crippen molar-refractivity contribution in [2.75, 3.05) is 41.7 Å². The van der Waals surface area contributed by atoms with Crippen molar-refractivity contribution in [1.82, 2.24) is 0 Å². The van der Waals surface area contributed by atoms with Gasteiger partial charge in [0.25, 0.3) is 0 Å². The van der Waals surface area contributed by atoms with E-state index >= 15 is 0 Å². The van der Waals surface area contributed by atoms with Crippen LogP contribution in [0.2, 0.25) is 0 Å². The van der Waals surface area contributed by atoms with Crippen LogP contribution in [0.3, 0.4) is 0 Å². The molecule has 12 nitrogen and oxygen atoms in total. The molecular weight excluding hydrogens is 528 g/mol. The number of carbonyl (C=O) groups excluding carboxylic acids is 1. The van der Waals surface area contributed by atoms with Gasteiger partial charge >= 0.3 is 5.97 Å². The zero-order valence-electron chi connectivity index (χ0n) is 22.6. The zero-order chi connectivity index (χ0) is 28.6. The van der Waals surface area contributed by atoms with Crippen LogP contribution in [0.15, 0.2) is 36.4 Å². The molecule has 0 aliphatic carbocycles. The van der Waals surface area contributed by atoms with E-state index in [1.165, 1.54) is 7.11 Å². The number of hydrogen-bond acceptors (Lipinski definition) is 12. The van der Waals surface area contributed by atoms with E-state index in [1.807, 2.05) is 24.3 Å². The second-order valence-electron chi connectivity index (χ2n) is 9.90. The smallest absolute Gasteiger partial charge is 0.337 e. The molecule has 0 bridgehead atoms. The number of aliphatic hydroxyl groups is 3. The summed E-state index contributed by atoms with van der Waals surface area (Å²) < 4.78 is 44.7. The molecule has 2 aromatic rings. The lowest BCUT2D eigenvalue weighted by Crippen LogP contribution is -2.61. The van der Waals surface area contributed by atoms with E-state index in [1.54, 1.807) is 26.4 Å². The quantitative estimate of drug-likeness (QED) is 0.396. The molecule has 12 heteroatoms. The molecular formula is C28H34O12. The third kappa shape index (κ3) is 5.06. The Kier molecular flexibility index (Phi) is 8.36. The minimum Gasteiger partial charge on any atom is -0.493 e. The SMILES string of the molecule is COC(=O)[C@H]1O[C@@H](Oc2cc([C@@H]3OC[C@@H]4[C@H]3CO[C@@H]4c3ccc(OC)c(OC)c3)ccc2OC)[C@@H](O)[C@@H](O)[C@@H]1O. The van der Waals surface area contributed by atoms with Gasteiger partial charge in [-0.2, -0.15) is 0 Å². The first-order chi connectivity index (χ1) is 19.3. The van der Waals surface area contributed by atoms with Crippen LogP contribution in [0, 0.1) is 11.8 Å². The Morgan fingerprint density at radius 2 is 1.25 bits per heavy atom. The first kappa shape index (κ1) is 28.4. The number of benzene rings is 2. The summed E-state index contributed by atoms with van der Waals surface area (Å²) >= 11 is 0. The Balaban J connectivity index is 1.36. The molecule has 9 atom stereocenters. The van der Waals surface area contributed by atoms with Crippen molar-refractivity contribution < 1.29 is 58.0 Å². The van der Waals surface area contributed by atoms with Gasteiger partial charge in [-0.3, -0.25) is 0 Å². The summed E-state index contributed by atoms with van der Waals surface area (Å²) in [5.74, 6) is 1.02. The Labute approximate surface area is 231 Å². The molecule has 0 spiro atoms. The standard InChI is InChI=1S/C28H34O12/c1-33-17-7-5-13(9-19(17)35-3)24-15-11-38-25(16(15)12-37-24)14-6-8-18(34-2)20(10-14)39-28-23(31)21(29)22(30)26(40-28)27(32)36-4/h5-10,15-16,21-26,28-31H,11-12H2,1-4H3/t15-,16-,21+,22+,23+,24-,25+,26+,28-/m1/s1. The maximum Gasteiger partial charge on any atom is 0.337 e. The summed E-state index contributed by atoms with van der Waals surface area (Å²) in [4.78, 5) is 12.1. The van der Waals surface area contributed by atoms with Crippen LogP contribution in [0.4, 0.5) is 0 Å². The van der Waals surface area contributed by atoms with Gasteiger partial charge in [-0.25, -0.2) is 4.79 Å². The lowest BCUT2D eigenvalue weighted by atomic mass is 9.85. The minimum atomic E-state index is -1.71. The highest BCUT2D eigenvalue weighted by molar-refractivity contribution is 5.75. The van der Waals surface area contributed by atoms with E-state index in [-0.39, 0.29) is 29.8 Å². The van der Waals surface area contributed by atoms with Crippen LogP contribution in [-0.2, 0) is 23.7 Å². The average molecular weight is 563 g/mol.